The molecule has 60 valence electrons. The minimum atomic E-state index is -1.21. The summed E-state index contributed by atoms with van der Waals surface area (Å²) in [5, 5.41) is 16.9. The third kappa shape index (κ3) is 1.31. The van der Waals surface area contributed by atoms with Gasteiger partial charge in [-0.05, 0) is 0 Å². The summed E-state index contributed by atoms with van der Waals surface area (Å²) in [4.78, 5) is 21.5. The zero-order valence-electron chi connectivity index (χ0n) is 5.60. The number of aliphatic carboxylic acids is 1. The predicted molar refractivity (Wildman–Crippen MR) is 35.3 cm³/mol. The largest absolute Gasteiger partial charge is 0.479 e. The molecule has 0 aromatic carbocycles. The first-order valence-corrected chi connectivity index (χ1v) is 3.02. The summed E-state index contributed by atoms with van der Waals surface area (Å²) in [7, 11) is 0. The Kier molecular flexibility index (Phi) is 1.80. The summed E-state index contributed by atoms with van der Waals surface area (Å²) < 4.78 is 0. The van der Waals surface area contributed by atoms with E-state index in [0.29, 0.717) is 0 Å². The zero-order chi connectivity index (χ0) is 8.43. The summed E-state index contributed by atoms with van der Waals surface area (Å²) in [6.07, 6.45) is 1.67. The predicted octanol–water partition coefficient (Wildman–Crippen LogP) is -0.0106. The molecule has 0 saturated carbocycles. The second-order valence-electron chi connectivity index (χ2n) is 2.15. The van der Waals surface area contributed by atoms with E-state index in [1.807, 2.05) is 0 Å². The van der Waals surface area contributed by atoms with Crippen molar-refractivity contribution in [1.82, 2.24) is 4.90 Å². The Morgan fingerprint density at radius 3 is 2.45 bits per heavy atom. The number of carboxylic acid groups (broad SMARTS) is 2. The van der Waals surface area contributed by atoms with Crippen molar-refractivity contribution < 1.29 is 19.8 Å². The minimum Gasteiger partial charge on any atom is -0.479 e. The molecule has 1 rings (SSSR count). The fraction of sp³-hybridized carbons (Fsp3) is 0.333. The lowest BCUT2D eigenvalue weighted by Crippen LogP contribution is -2.39. The maximum atomic E-state index is 10.4. The Balaban J connectivity index is 2.71. The second kappa shape index (κ2) is 2.61. The van der Waals surface area contributed by atoms with E-state index in [9.17, 15) is 9.59 Å². The Labute approximate surface area is 62.5 Å². The summed E-state index contributed by atoms with van der Waals surface area (Å²) in [6, 6.07) is -1.01. The Bertz CT molecular complexity index is 223. The third-order valence-corrected chi connectivity index (χ3v) is 1.45. The van der Waals surface area contributed by atoms with Crippen molar-refractivity contribution >= 4 is 12.1 Å². The average Bonchev–Trinajstić information content (AvgIpc) is 2.32. The van der Waals surface area contributed by atoms with Crippen LogP contribution in [0.1, 0.15) is 0 Å². The first-order valence-electron chi connectivity index (χ1n) is 3.02. The summed E-state index contributed by atoms with van der Waals surface area (Å²) in [5.41, 5.74) is 0. The molecule has 0 aromatic heterocycles. The Morgan fingerprint density at radius 1 is 1.45 bits per heavy atom. The Hall–Kier alpha value is -1.52. The second-order valence-corrected chi connectivity index (χ2v) is 2.15. The van der Waals surface area contributed by atoms with Gasteiger partial charge in [-0.25, -0.2) is 9.59 Å². The highest BCUT2D eigenvalue weighted by molar-refractivity contribution is 5.82. The van der Waals surface area contributed by atoms with Crippen LogP contribution in [0.3, 0.4) is 0 Å². The van der Waals surface area contributed by atoms with E-state index in [1.54, 1.807) is 0 Å². The van der Waals surface area contributed by atoms with Crippen LogP contribution in [-0.4, -0.2) is 39.8 Å². The van der Waals surface area contributed by atoms with Crippen LogP contribution in [0, 0.1) is 0 Å². The van der Waals surface area contributed by atoms with Gasteiger partial charge in [-0.1, -0.05) is 12.2 Å². The standard InChI is InChI=1S/C6H7NO4/c8-5(9)4-2-1-3-7(4)6(10)11/h1-2,4H,3H2,(H,8,9)(H,10,11)/t4-/m1/s1. The molecule has 0 aliphatic carbocycles. The topological polar surface area (TPSA) is 77.8 Å². The van der Waals surface area contributed by atoms with Gasteiger partial charge in [0.2, 0.25) is 0 Å². The highest BCUT2D eigenvalue weighted by atomic mass is 16.4. The number of amides is 1. The van der Waals surface area contributed by atoms with Gasteiger partial charge in [-0.15, -0.1) is 0 Å². The Morgan fingerprint density at radius 2 is 2.09 bits per heavy atom. The van der Waals surface area contributed by atoms with Gasteiger partial charge in [0, 0.05) is 6.54 Å². The lowest BCUT2D eigenvalue weighted by molar-refractivity contribution is -0.140. The first kappa shape index (κ1) is 7.59. The van der Waals surface area contributed by atoms with E-state index >= 15 is 0 Å². The van der Waals surface area contributed by atoms with Crippen LogP contribution in [0.15, 0.2) is 12.2 Å². The molecule has 0 saturated heterocycles. The van der Waals surface area contributed by atoms with Crippen molar-refractivity contribution in [2.45, 2.75) is 6.04 Å². The number of carboxylic acids is 1. The molecular weight excluding hydrogens is 150 g/mol. The van der Waals surface area contributed by atoms with Crippen molar-refractivity contribution in [2.24, 2.45) is 0 Å². The number of rotatable bonds is 1. The van der Waals surface area contributed by atoms with Crippen molar-refractivity contribution in [3.63, 3.8) is 0 Å². The van der Waals surface area contributed by atoms with Crippen molar-refractivity contribution in [1.29, 1.82) is 0 Å². The summed E-state index contributed by atoms with van der Waals surface area (Å²) in [6.45, 7) is 0.159. The van der Waals surface area contributed by atoms with Crippen molar-refractivity contribution in [2.75, 3.05) is 6.54 Å². The quantitative estimate of drug-likeness (QED) is 0.525. The molecule has 1 amide bonds. The molecule has 0 unspecified atom stereocenters. The molecule has 11 heavy (non-hydrogen) atoms. The van der Waals surface area contributed by atoms with Crippen molar-refractivity contribution in [3.05, 3.63) is 12.2 Å². The highest BCUT2D eigenvalue weighted by Gasteiger charge is 2.29. The van der Waals surface area contributed by atoms with E-state index in [0.717, 1.165) is 4.90 Å². The fourth-order valence-electron chi connectivity index (χ4n) is 0.933. The number of hydrogen-bond acceptors (Lipinski definition) is 2. The summed E-state index contributed by atoms with van der Waals surface area (Å²) >= 11 is 0. The molecule has 1 aliphatic heterocycles. The van der Waals surface area contributed by atoms with Crippen LogP contribution in [0.4, 0.5) is 4.79 Å². The number of carbonyl (C=O) groups is 2. The SMILES string of the molecule is O=C(O)[C@H]1C=CCN1C(=O)O. The average molecular weight is 157 g/mol. The molecular formula is C6H7NO4. The van der Waals surface area contributed by atoms with E-state index < -0.39 is 18.1 Å². The van der Waals surface area contributed by atoms with Crippen LogP contribution in [0.5, 0.6) is 0 Å². The van der Waals surface area contributed by atoms with Gasteiger partial charge < -0.3 is 10.2 Å². The molecule has 0 aromatic rings. The molecule has 0 fully saturated rings. The minimum absolute atomic E-state index is 0.159. The lowest BCUT2D eigenvalue weighted by Gasteiger charge is -2.16. The van der Waals surface area contributed by atoms with E-state index in [-0.39, 0.29) is 6.54 Å². The van der Waals surface area contributed by atoms with Crippen LogP contribution in [0.2, 0.25) is 0 Å². The number of hydrogen-bond donors (Lipinski definition) is 2. The van der Waals surface area contributed by atoms with Crippen LogP contribution in [0.25, 0.3) is 0 Å². The molecule has 5 heteroatoms. The van der Waals surface area contributed by atoms with Crippen molar-refractivity contribution in [3.8, 4) is 0 Å². The first-order chi connectivity index (χ1) is 5.13. The van der Waals surface area contributed by atoms with Crippen LogP contribution >= 0.6 is 0 Å². The molecule has 0 bridgehead atoms. The highest BCUT2D eigenvalue weighted by Crippen LogP contribution is 2.09. The normalized spacial score (nSPS) is 22.2. The van der Waals surface area contributed by atoms with E-state index in [1.165, 1.54) is 12.2 Å². The number of nitrogens with zero attached hydrogens (tertiary/aromatic N) is 1. The van der Waals surface area contributed by atoms with Crippen LogP contribution < -0.4 is 0 Å². The molecule has 1 heterocycles. The van der Waals surface area contributed by atoms with E-state index in [4.69, 9.17) is 10.2 Å². The fourth-order valence-corrected chi connectivity index (χ4v) is 0.933. The lowest BCUT2D eigenvalue weighted by atomic mass is 10.3. The van der Waals surface area contributed by atoms with Gasteiger partial charge in [0.1, 0.15) is 0 Å². The molecule has 2 N–H and O–H groups in total. The van der Waals surface area contributed by atoms with Gasteiger partial charge in [0.15, 0.2) is 6.04 Å². The van der Waals surface area contributed by atoms with Gasteiger partial charge in [-0.2, -0.15) is 0 Å². The monoisotopic (exact) mass is 157 g/mol. The smallest absolute Gasteiger partial charge is 0.408 e. The molecule has 0 spiro atoms. The van der Waals surface area contributed by atoms with Gasteiger partial charge in [0.05, 0.1) is 0 Å². The molecule has 1 aliphatic rings. The van der Waals surface area contributed by atoms with Gasteiger partial charge in [-0.3, -0.25) is 4.90 Å². The molecule has 0 radical (unpaired) electrons. The maximum absolute atomic E-state index is 10.4. The van der Waals surface area contributed by atoms with Crippen LogP contribution in [-0.2, 0) is 4.79 Å². The molecule has 1 atom stereocenters. The summed E-state index contributed by atoms with van der Waals surface area (Å²) in [5.74, 6) is -1.14. The zero-order valence-corrected chi connectivity index (χ0v) is 5.60. The maximum Gasteiger partial charge on any atom is 0.408 e. The third-order valence-electron chi connectivity index (χ3n) is 1.45. The van der Waals surface area contributed by atoms with Gasteiger partial charge in [0.25, 0.3) is 0 Å². The molecule has 5 nitrogen and oxygen atoms in total. The van der Waals surface area contributed by atoms with E-state index in [2.05, 4.69) is 0 Å². The van der Waals surface area contributed by atoms with Gasteiger partial charge >= 0.3 is 12.1 Å².